The van der Waals surface area contributed by atoms with Gasteiger partial charge < -0.3 is 4.74 Å². The van der Waals surface area contributed by atoms with Gasteiger partial charge in [0, 0.05) is 24.2 Å². The van der Waals surface area contributed by atoms with Crippen LogP contribution in [-0.4, -0.2) is 36.3 Å². The average Bonchev–Trinajstić information content (AvgIpc) is 3.04. The number of halogens is 1. The van der Waals surface area contributed by atoms with Crippen LogP contribution in [0, 0.1) is 0 Å². The number of fused-ring (bicyclic) bond motifs is 1. The highest BCUT2D eigenvalue weighted by atomic mass is 19.1. The van der Waals surface area contributed by atoms with Crippen LogP contribution in [0.5, 0.6) is 0 Å². The molecule has 114 valence electrons. The van der Waals surface area contributed by atoms with Gasteiger partial charge in [-0.2, -0.15) is 0 Å². The van der Waals surface area contributed by atoms with Crippen LogP contribution in [0.1, 0.15) is 38.2 Å². The Balaban J connectivity index is 1.62. The van der Waals surface area contributed by atoms with Gasteiger partial charge in [0.15, 0.2) is 0 Å². The number of allylic oxidation sites excluding steroid dienone is 1. The largest absolute Gasteiger partial charge is 0.492 e. The first-order valence-electron chi connectivity index (χ1n) is 8.06. The summed E-state index contributed by atoms with van der Waals surface area (Å²) in [5.41, 5.74) is 1.12. The first-order chi connectivity index (χ1) is 10.3. The molecule has 0 bridgehead atoms. The molecular weight excluding hydrogens is 265 g/mol. The molecule has 21 heavy (non-hydrogen) atoms. The van der Waals surface area contributed by atoms with Gasteiger partial charge in [0.25, 0.3) is 0 Å². The molecule has 2 nitrogen and oxygen atoms in total. The topological polar surface area (TPSA) is 12.5 Å². The van der Waals surface area contributed by atoms with Gasteiger partial charge in [-0.25, -0.2) is 4.39 Å². The Kier molecular flexibility index (Phi) is 4.59. The van der Waals surface area contributed by atoms with E-state index < -0.39 is 6.17 Å². The van der Waals surface area contributed by atoms with Gasteiger partial charge in [0.2, 0.25) is 0 Å². The third-order valence-electron chi connectivity index (χ3n) is 4.59. The van der Waals surface area contributed by atoms with Crippen molar-refractivity contribution in [1.82, 2.24) is 4.90 Å². The second-order valence-corrected chi connectivity index (χ2v) is 6.07. The van der Waals surface area contributed by atoms with E-state index in [0.29, 0.717) is 31.7 Å². The number of hydrogen-bond donors (Lipinski definition) is 0. The zero-order chi connectivity index (χ0) is 14.7. The molecule has 0 aliphatic carbocycles. The smallest absolute Gasteiger partial charge is 0.122 e. The van der Waals surface area contributed by atoms with Crippen LogP contribution < -0.4 is 0 Å². The van der Waals surface area contributed by atoms with E-state index in [1.54, 1.807) is 0 Å². The van der Waals surface area contributed by atoms with Crippen LogP contribution in [0.15, 0.2) is 36.4 Å². The summed E-state index contributed by atoms with van der Waals surface area (Å²) in [5.74, 6) is 0.956. The third-order valence-corrected chi connectivity index (χ3v) is 4.59. The zero-order valence-corrected chi connectivity index (χ0v) is 12.7. The Morgan fingerprint density at radius 1 is 1.33 bits per heavy atom. The lowest BCUT2D eigenvalue weighted by Crippen LogP contribution is -2.35. The van der Waals surface area contributed by atoms with E-state index in [1.807, 2.05) is 18.2 Å². The Labute approximate surface area is 126 Å². The molecule has 3 unspecified atom stereocenters. The minimum atomic E-state index is -0.641. The Morgan fingerprint density at radius 2 is 2.14 bits per heavy atom. The zero-order valence-electron chi connectivity index (χ0n) is 12.7. The first kappa shape index (κ1) is 14.6. The highest BCUT2D eigenvalue weighted by molar-refractivity contribution is 5.59. The first-order valence-corrected chi connectivity index (χ1v) is 8.06. The van der Waals surface area contributed by atoms with Gasteiger partial charge >= 0.3 is 0 Å². The fraction of sp³-hybridized carbons (Fsp3) is 0.556. The van der Waals surface area contributed by atoms with Gasteiger partial charge in [0.1, 0.15) is 18.5 Å². The van der Waals surface area contributed by atoms with Crippen molar-refractivity contribution in [3.8, 4) is 0 Å². The molecule has 0 aromatic heterocycles. The van der Waals surface area contributed by atoms with E-state index in [4.69, 9.17) is 4.74 Å². The average molecular weight is 289 g/mol. The highest BCUT2D eigenvalue weighted by Crippen LogP contribution is 2.34. The summed E-state index contributed by atoms with van der Waals surface area (Å²) in [6, 6.07) is 11.0. The van der Waals surface area contributed by atoms with E-state index in [0.717, 1.165) is 30.6 Å². The third kappa shape index (κ3) is 3.29. The second kappa shape index (κ2) is 6.61. The SMILES string of the molecule is CC/C=C(/OCC1CCC2CC(F)CN12)c1ccccc1. The van der Waals surface area contributed by atoms with Gasteiger partial charge in [-0.15, -0.1) is 0 Å². The van der Waals surface area contributed by atoms with Crippen molar-refractivity contribution in [2.45, 2.75) is 50.9 Å². The molecule has 2 heterocycles. The fourth-order valence-corrected chi connectivity index (χ4v) is 3.58. The van der Waals surface area contributed by atoms with E-state index in [2.05, 4.69) is 30.0 Å². The standard InChI is InChI=1S/C18H24FNO/c1-2-6-18(14-7-4-3-5-8-14)21-13-17-10-9-16-11-15(19)12-20(16)17/h3-8,15-17H,2,9-13H2,1H3/b18-6+. The molecule has 3 atom stereocenters. The van der Waals surface area contributed by atoms with E-state index in [1.165, 1.54) is 0 Å². The summed E-state index contributed by atoms with van der Waals surface area (Å²) in [4.78, 5) is 2.32. The molecule has 3 heteroatoms. The maximum atomic E-state index is 13.5. The predicted molar refractivity (Wildman–Crippen MR) is 83.7 cm³/mol. The molecule has 0 N–H and O–H groups in total. The lowest BCUT2D eigenvalue weighted by Gasteiger charge is -2.24. The normalized spacial score (nSPS) is 29.6. The lowest BCUT2D eigenvalue weighted by atomic mass is 10.1. The van der Waals surface area contributed by atoms with E-state index in [-0.39, 0.29) is 0 Å². The minimum absolute atomic E-state index is 0.375. The number of hydrogen-bond acceptors (Lipinski definition) is 2. The van der Waals surface area contributed by atoms with Crippen LogP contribution in [0.4, 0.5) is 4.39 Å². The van der Waals surface area contributed by atoms with Crippen LogP contribution in [0.25, 0.3) is 5.76 Å². The molecule has 2 aliphatic rings. The van der Waals surface area contributed by atoms with Gasteiger partial charge in [-0.3, -0.25) is 4.90 Å². The van der Waals surface area contributed by atoms with Crippen LogP contribution in [-0.2, 0) is 4.74 Å². The maximum Gasteiger partial charge on any atom is 0.122 e. The molecule has 3 rings (SSSR count). The molecule has 2 aliphatic heterocycles. The Bertz CT molecular complexity index is 487. The van der Waals surface area contributed by atoms with Gasteiger partial charge in [-0.1, -0.05) is 37.3 Å². The van der Waals surface area contributed by atoms with Gasteiger partial charge in [-0.05, 0) is 31.8 Å². The van der Waals surface area contributed by atoms with E-state index in [9.17, 15) is 4.39 Å². The summed E-state index contributed by atoms with van der Waals surface area (Å²) >= 11 is 0. The molecule has 1 aromatic rings. The number of rotatable bonds is 5. The quantitative estimate of drug-likeness (QED) is 0.759. The van der Waals surface area contributed by atoms with Crippen LogP contribution in [0.2, 0.25) is 0 Å². The summed E-state index contributed by atoms with van der Waals surface area (Å²) in [5, 5.41) is 0. The number of alkyl halides is 1. The van der Waals surface area contributed by atoms with Crippen molar-refractivity contribution >= 4 is 5.76 Å². The molecule has 2 saturated heterocycles. The predicted octanol–water partition coefficient (Wildman–Crippen LogP) is 4.03. The Morgan fingerprint density at radius 3 is 2.90 bits per heavy atom. The monoisotopic (exact) mass is 289 g/mol. The Hall–Kier alpha value is -1.35. The maximum absolute atomic E-state index is 13.5. The van der Waals surface area contributed by atoms with Crippen molar-refractivity contribution in [1.29, 1.82) is 0 Å². The highest BCUT2D eigenvalue weighted by Gasteiger charge is 2.41. The van der Waals surface area contributed by atoms with Crippen molar-refractivity contribution in [2.24, 2.45) is 0 Å². The van der Waals surface area contributed by atoms with E-state index >= 15 is 0 Å². The summed E-state index contributed by atoms with van der Waals surface area (Å²) in [6.45, 7) is 3.38. The number of nitrogens with zero attached hydrogens (tertiary/aromatic N) is 1. The van der Waals surface area contributed by atoms with Crippen molar-refractivity contribution in [2.75, 3.05) is 13.2 Å². The molecule has 2 fully saturated rings. The number of benzene rings is 1. The summed E-state index contributed by atoms with van der Waals surface area (Å²) in [6.07, 6.45) is 5.40. The molecule has 1 aromatic carbocycles. The van der Waals surface area contributed by atoms with Gasteiger partial charge in [0.05, 0.1) is 0 Å². The molecule has 0 spiro atoms. The molecule has 0 amide bonds. The molecule has 0 saturated carbocycles. The van der Waals surface area contributed by atoms with Crippen LogP contribution in [0.3, 0.4) is 0 Å². The van der Waals surface area contributed by atoms with Crippen molar-refractivity contribution < 1.29 is 9.13 Å². The summed E-state index contributed by atoms with van der Waals surface area (Å²) < 4.78 is 19.6. The minimum Gasteiger partial charge on any atom is -0.492 e. The van der Waals surface area contributed by atoms with Crippen molar-refractivity contribution in [3.05, 3.63) is 42.0 Å². The number of ether oxygens (including phenoxy) is 1. The second-order valence-electron chi connectivity index (χ2n) is 6.07. The fourth-order valence-electron chi connectivity index (χ4n) is 3.58. The molecular formula is C18H24FNO. The van der Waals surface area contributed by atoms with Crippen LogP contribution >= 0.6 is 0 Å². The summed E-state index contributed by atoms with van der Waals surface area (Å²) in [7, 11) is 0. The van der Waals surface area contributed by atoms with Crippen molar-refractivity contribution in [3.63, 3.8) is 0 Å². The molecule has 0 radical (unpaired) electrons. The lowest BCUT2D eigenvalue weighted by molar-refractivity contribution is 0.145.